The number of nitrogens with zero attached hydrogens (tertiary/aromatic N) is 4. The normalized spacial score (nSPS) is 14.5. The van der Waals surface area contributed by atoms with Crippen LogP contribution in [0.3, 0.4) is 0 Å². The van der Waals surface area contributed by atoms with Gasteiger partial charge in [0.15, 0.2) is 11.1 Å². The van der Waals surface area contributed by atoms with Gasteiger partial charge in [-0.1, -0.05) is 54.9 Å². The van der Waals surface area contributed by atoms with Crippen molar-refractivity contribution in [3.8, 4) is 0 Å². The van der Waals surface area contributed by atoms with Crippen molar-refractivity contribution in [2.24, 2.45) is 4.99 Å². The smallest absolute Gasteiger partial charge is 0.191 e. The van der Waals surface area contributed by atoms with E-state index in [0.717, 1.165) is 62.3 Å². The number of aromatic nitrogens is 3. The Morgan fingerprint density at radius 3 is 2.58 bits per heavy atom. The summed E-state index contributed by atoms with van der Waals surface area (Å²) in [7, 11) is 0. The monoisotopic (exact) mass is 556 g/mol. The number of hydrogen-bond acceptors (Lipinski definition) is 4. The first-order valence-corrected chi connectivity index (χ1v) is 12.6. The molecule has 1 aliphatic rings. The Labute approximate surface area is 208 Å². The molecule has 2 N–H and O–H groups in total. The average Bonchev–Trinajstić information content (AvgIpc) is 3.44. The first kappa shape index (κ1) is 26.0. The van der Waals surface area contributed by atoms with Gasteiger partial charge >= 0.3 is 0 Å². The molecule has 1 aliphatic carbocycles. The van der Waals surface area contributed by atoms with Crippen LogP contribution >= 0.6 is 35.7 Å². The summed E-state index contributed by atoms with van der Waals surface area (Å²) in [5.41, 5.74) is 1.38. The third-order valence-corrected chi connectivity index (χ3v) is 6.20. The van der Waals surface area contributed by atoms with Crippen LogP contribution in [0.15, 0.2) is 40.5 Å². The summed E-state index contributed by atoms with van der Waals surface area (Å²) < 4.78 is 2.40. The first-order chi connectivity index (χ1) is 14.8. The fraction of sp³-hybridized carbons (Fsp3) is 0.609. The molecule has 1 fully saturated rings. The number of rotatable bonds is 11. The van der Waals surface area contributed by atoms with E-state index in [1.165, 1.54) is 31.2 Å². The average molecular weight is 557 g/mol. The van der Waals surface area contributed by atoms with E-state index in [1.807, 2.05) is 0 Å². The SMILES string of the molecule is CCNC(=NCCCc1ccccc1)NCCCc1nnc(SC)n1C1CCCC1.I. The number of hydrogen-bond donors (Lipinski definition) is 2. The van der Waals surface area contributed by atoms with Gasteiger partial charge in [-0.3, -0.25) is 4.99 Å². The van der Waals surface area contributed by atoms with Gasteiger partial charge in [0, 0.05) is 32.1 Å². The van der Waals surface area contributed by atoms with Gasteiger partial charge in [-0.25, -0.2) is 0 Å². The lowest BCUT2D eigenvalue weighted by atomic mass is 10.1. The molecule has 8 heteroatoms. The van der Waals surface area contributed by atoms with Crippen LogP contribution in [-0.4, -0.2) is 46.6 Å². The largest absolute Gasteiger partial charge is 0.357 e. The van der Waals surface area contributed by atoms with Crippen LogP contribution in [0.2, 0.25) is 0 Å². The maximum absolute atomic E-state index is 4.73. The molecular weight excluding hydrogens is 519 g/mol. The van der Waals surface area contributed by atoms with Crippen molar-refractivity contribution in [1.82, 2.24) is 25.4 Å². The lowest BCUT2D eigenvalue weighted by molar-refractivity contribution is 0.460. The molecule has 6 nitrogen and oxygen atoms in total. The molecule has 31 heavy (non-hydrogen) atoms. The van der Waals surface area contributed by atoms with Crippen LogP contribution in [0.1, 0.15) is 62.9 Å². The summed E-state index contributed by atoms with van der Waals surface area (Å²) in [6, 6.07) is 11.2. The third kappa shape index (κ3) is 8.29. The highest BCUT2D eigenvalue weighted by Gasteiger charge is 2.23. The van der Waals surface area contributed by atoms with E-state index in [-0.39, 0.29) is 24.0 Å². The summed E-state index contributed by atoms with van der Waals surface area (Å²) >= 11 is 1.71. The van der Waals surface area contributed by atoms with Crippen LogP contribution in [0.4, 0.5) is 0 Å². The molecule has 1 aromatic heterocycles. The lowest BCUT2D eigenvalue weighted by Crippen LogP contribution is -2.38. The second-order valence-electron chi connectivity index (χ2n) is 7.79. The summed E-state index contributed by atoms with van der Waals surface area (Å²) in [6.45, 7) is 4.70. The highest BCUT2D eigenvalue weighted by Crippen LogP contribution is 2.33. The Bertz CT molecular complexity index is 774. The summed E-state index contributed by atoms with van der Waals surface area (Å²) in [6.07, 6.45) is 11.4. The summed E-state index contributed by atoms with van der Waals surface area (Å²) in [5, 5.41) is 16.8. The van der Waals surface area contributed by atoms with Crippen molar-refractivity contribution in [1.29, 1.82) is 0 Å². The van der Waals surface area contributed by atoms with Crippen molar-refractivity contribution in [3.63, 3.8) is 0 Å². The number of nitrogens with one attached hydrogen (secondary N) is 2. The number of guanidine groups is 1. The highest BCUT2D eigenvalue weighted by molar-refractivity contribution is 14.0. The molecule has 0 saturated heterocycles. The number of aliphatic imine (C=N–C) groups is 1. The zero-order chi connectivity index (χ0) is 21.0. The Balaban J connectivity index is 0.00000341. The Morgan fingerprint density at radius 2 is 1.87 bits per heavy atom. The number of thioether (sulfide) groups is 1. The van der Waals surface area contributed by atoms with Gasteiger partial charge in [0.1, 0.15) is 5.82 Å². The van der Waals surface area contributed by atoms with Crippen molar-refractivity contribution < 1.29 is 0 Å². The number of aryl methyl sites for hydroxylation is 2. The van der Waals surface area contributed by atoms with Gasteiger partial charge in [0.25, 0.3) is 0 Å². The van der Waals surface area contributed by atoms with Crippen molar-refractivity contribution >= 4 is 41.7 Å². The predicted octanol–water partition coefficient (Wildman–Crippen LogP) is 4.85. The van der Waals surface area contributed by atoms with Gasteiger partial charge in [-0.05, 0) is 50.8 Å². The van der Waals surface area contributed by atoms with Crippen molar-refractivity contribution in [3.05, 3.63) is 41.7 Å². The second-order valence-corrected chi connectivity index (χ2v) is 8.56. The van der Waals surface area contributed by atoms with E-state index < -0.39 is 0 Å². The predicted molar refractivity (Wildman–Crippen MR) is 142 cm³/mol. The van der Waals surface area contributed by atoms with Crippen LogP contribution in [0.5, 0.6) is 0 Å². The zero-order valence-electron chi connectivity index (χ0n) is 18.8. The van der Waals surface area contributed by atoms with Crippen LogP contribution < -0.4 is 10.6 Å². The minimum absolute atomic E-state index is 0. The Kier molecular flexibility index (Phi) is 12.3. The molecule has 1 aromatic carbocycles. The molecule has 0 spiro atoms. The zero-order valence-corrected chi connectivity index (χ0v) is 22.0. The molecule has 172 valence electrons. The third-order valence-electron chi connectivity index (χ3n) is 5.56. The fourth-order valence-corrected chi connectivity index (χ4v) is 4.63. The van der Waals surface area contributed by atoms with Gasteiger partial charge in [-0.15, -0.1) is 34.2 Å². The summed E-state index contributed by atoms with van der Waals surface area (Å²) in [4.78, 5) is 4.73. The first-order valence-electron chi connectivity index (χ1n) is 11.4. The van der Waals surface area contributed by atoms with Crippen LogP contribution in [-0.2, 0) is 12.8 Å². The maximum Gasteiger partial charge on any atom is 0.191 e. The van der Waals surface area contributed by atoms with E-state index >= 15 is 0 Å². The van der Waals surface area contributed by atoms with Crippen molar-refractivity contribution in [2.75, 3.05) is 25.9 Å². The number of halogens is 1. The molecule has 1 saturated carbocycles. The number of benzene rings is 1. The van der Waals surface area contributed by atoms with Gasteiger partial charge in [0.05, 0.1) is 0 Å². The Morgan fingerprint density at radius 1 is 1.10 bits per heavy atom. The van der Waals surface area contributed by atoms with E-state index in [9.17, 15) is 0 Å². The van der Waals surface area contributed by atoms with E-state index in [1.54, 1.807) is 11.8 Å². The van der Waals surface area contributed by atoms with E-state index in [2.05, 4.69) is 68.9 Å². The molecular formula is C23H37IN6S. The molecule has 0 bridgehead atoms. The summed E-state index contributed by atoms with van der Waals surface area (Å²) in [5.74, 6) is 2.05. The van der Waals surface area contributed by atoms with E-state index in [4.69, 9.17) is 4.99 Å². The molecule has 2 aromatic rings. The van der Waals surface area contributed by atoms with E-state index in [0.29, 0.717) is 6.04 Å². The lowest BCUT2D eigenvalue weighted by Gasteiger charge is -2.16. The molecule has 0 atom stereocenters. The van der Waals surface area contributed by atoms with Crippen molar-refractivity contribution in [2.45, 2.75) is 69.5 Å². The molecule has 3 rings (SSSR count). The fourth-order valence-electron chi connectivity index (χ4n) is 4.06. The van der Waals surface area contributed by atoms with Crippen LogP contribution in [0.25, 0.3) is 0 Å². The van der Waals surface area contributed by atoms with Crippen LogP contribution in [0, 0.1) is 0 Å². The quantitative estimate of drug-likeness (QED) is 0.136. The molecule has 0 unspecified atom stereocenters. The molecule has 0 aliphatic heterocycles. The topological polar surface area (TPSA) is 67.1 Å². The van der Waals surface area contributed by atoms with Gasteiger partial charge < -0.3 is 15.2 Å². The van der Waals surface area contributed by atoms with Gasteiger partial charge in [0.2, 0.25) is 0 Å². The molecule has 0 radical (unpaired) electrons. The maximum atomic E-state index is 4.73. The molecule has 0 amide bonds. The Hall–Kier alpha value is -1.29. The minimum Gasteiger partial charge on any atom is -0.357 e. The standard InChI is InChI=1S/C23H36N6S.HI/c1-3-24-22(25-17-9-13-19-11-5-4-6-12-19)26-18-10-16-21-27-28-23(30-2)29(21)20-14-7-8-15-20;/h4-6,11-12,20H,3,7-10,13-18H2,1-2H3,(H2,24,25,26);1H. The minimum atomic E-state index is 0. The molecule has 1 heterocycles. The highest BCUT2D eigenvalue weighted by atomic mass is 127. The second kappa shape index (κ2) is 14.7. The van der Waals surface area contributed by atoms with Gasteiger partial charge in [-0.2, -0.15) is 0 Å².